The molecule has 2 amide bonds. The summed E-state index contributed by atoms with van der Waals surface area (Å²) >= 11 is 5.96. The predicted octanol–water partition coefficient (Wildman–Crippen LogP) is 4.30. The molecule has 6 heteroatoms. The van der Waals surface area contributed by atoms with Gasteiger partial charge in [0.2, 0.25) is 0 Å². The Morgan fingerprint density at radius 3 is 2.61 bits per heavy atom. The van der Waals surface area contributed by atoms with Crippen molar-refractivity contribution in [2.24, 2.45) is 0 Å². The molecule has 1 N–H and O–H groups in total. The van der Waals surface area contributed by atoms with Gasteiger partial charge >= 0.3 is 6.03 Å². The average Bonchev–Trinajstić information content (AvgIpc) is 2.96. The average molecular weight is 408 g/mol. The van der Waals surface area contributed by atoms with E-state index in [1.807, 2.05) is 17.0 Å². The molecule has 1 heterocycles. The van der Waals surface area contributed by atoms with E-state index in [2.05, 4.69) is 22.3 Å². The van der Waals surface area contributed by atoms with Crippen LogP contribution in [-0.4, -0.2) is 61.3 Å². The molecule has 1 aliphatic heterocycles. The molecule has 1 saturated carbocycles. The molecule has 1 aliphatic carbocycles. The van der Waals surface area contributed by atoms with Gasteiger partial charge < -0.3 is 15.0 Å². The molecule has 0 aromatic heterocycles. The van der Waals surface area contributed by atoms with E-state index >= 15 is 0 Å². The standard InChI is InChI=1S/C22H34ClN3O2/c23-20-10-8-19(9-11-20)18-25-13-5-14-26(16-15-25)22(27)24-12-4-17-28-21-6-2-1-3-7-21/h8-11,21H,1-7,12-18H2,(H,24,27). The third kappa shape index (κ3) is 7.26. The van der Waals surface area contributed by atoms with E-state index in [0.29, 0.717) is 12.6 Å². The molecule has 2 fully saturated rings. The van der Waals surface area contributed by atoms with Gasteiger partial charge in [-0.2, -0.15) is 0 Å². The summed E-state index contributed by atoms with van der Waals surface area (Å²) in [6.07, 6.45) is 8.69. The molecule has 5 nitrogen and oxygen atoms in total. The Balaban J connectivity index is 1.30. The van der Waals surface area contributed by atoms with Crippen LogP contribution in [0.2, 0.25) is 5.02 Å². The van der Waals surface area contributed by atoms with E-state index in [1.54, 1.807) is 0 Å². The molecular formula is C22H34ClN3O2. The number of nitrogens with zero attached hydrogens (tertiary/aromatic N) is 2. The number of rotatable bonds is 7. The van der Waals surface area contributed by atoms with Crippen LogP contribution in [0.4, 0.5) is 4.79 Å². The van der Waals surface area contributed by atoms with Gasteiger partial charge in [-0.25, -0.2) is 4.79 Å². The monoisotopic (exact) mass is 407 g/mol. The SMILES string of the molecule is O=C(NCCCOC1CCCCC1)N1CCCN(Cc2ccc(Cl)cc2)CC1. The van der Waals surface area contributed by atoms with Crippen molar-refractivity contribution in [3.8, 4) is 0 Å². The molecule has 3 rings (SSSR count). The van der Waals surface area contributed by atoms with E-state index in [4.69, 9.17) is 16.3 Å². The van der Waals surface area contributed by atoms with Crippen molar-refractivity contribution in [3.63, 3.8) is 0 Å². The Kier molecular flexibility index (Phi) is 8.90. The lowest BCUT2D eigenvalue weighted by Crippen LogP contribution is -2.42. The molecule has 2 aliphatic rings. The highest BCUT2D eigenvalue weighted by atomic mass is 35.5. The lowest BCUT2D eigenvalue weighted by Gasteiger charge is -2.23. The first kappa shape index (κ1) is 21.4. The van der Waals surface area contributed by atoms with Crippen LogP contribution in [0.25, 0.3) is 0 Å². The highest BCUT2D eigenvalue weighted by Gasteiger charge is 2.19. The van der Waals surface area contributed by atoms with Gasteiger partial charge in [0, 0.05) is 50.9 Å². The number of carbonyl (C=O) groups is 1. The molecule has 0 bridgehead atoms. The van der Waals surface area contributed by atoms with Crippen molar-refractivity contribution >= 4 is 17.6 Å². The Morgan fingerprint density at radius 1 is 1.04 bits per heavy atom. The van der Waals surface area contributed by atoms with Crippen molar-refractivity contribution in [2.75, 3.05) is 39.3 Å². The Morgan fingerprint density at radius 2 is 1.82 bits per heavy atom. The number of carbonyl (C=O) groups excluding carboxylic acids is 1. The molecule has 156 valence electrons. The van der Waals surface area contributed by atoms with Gasteiger partial charge in [0.15, 0.2) is 0 Å². The van der Waals surface area contributed by atoms with Gasteiger partial charge in [-0.3, -0.25) is 4.90 Å². The first-order valence-electron chi connectivity index (χ1n) is 10.8. The molecule has 0 radical (unpaired) electrons. The summed E-state index contributed by atoms with van der Waals surface area (Å²) in [5, 5.41) is 3.83. The topological polar surface area (TPSA) is 44.8 Å². The van der Waals surface area contributed by atoms with E-state index in [9.17, 15) is 4.79 Å². The van der Waals surface area contributed by atoms with E-state index in [1.165, 1.54) is 37.7 Å². The fourth-order valence-electron chi connectivity index (χ4n) is 4.04. The van der Waals surface area contributed by atoms with Crippen molar-refractivity contribution in [1.29, 1.82) is 0 Å². The number of hydrogen-bond donors (Lipinski definition) is 1. The quantitative estimate of drug-likeness (QED) is 0.685. The van der Waals surface area contributed by atoms with Crippen LogP contribution in [0.15, 0.2) is 24.3 Å². The number of benzene rings is 1. The second-order valence-corrected chi connectivity index (χ2v) is 8.40. The second-order valence-electron chi connectivity index (χ2n) is 7.96. The van der Waals surface area contributed by atoms with Gasteiger partial charge in [-0.1, -0.05) is 43.0 Å². The molecular weight excluding hydrogens is 374 g/mol. The molecule has 0 unspecified atom stereocenters. The maximum absolute atomic E-state index is 12.5. The van der Waals surface area contributed by atoms with Crippen LogP contribution in [-0.2, 0) is 11.3 Å². The van der Waals surface area contributed by atoms with Crippen molar-refractivity contribution in [2.45, 2.75) is 57.6 Å². The third-order valence-electron chi connectivity index (χ3n) is 5.70. The number of hydrogen-bond acceptors (Lipinski definition) is 3. The van der Waals surface area contributed by atoms with Crippen molar-refractivity contribution in [3.05, 3.63) is 34.9 Å². The molecule has 28 heavy (non-hydrogen) atoms. The number of halogens is 1. The lowest BCUT2D eigenvalue weighted by atomic mass is 9.98. The van der Waals surface area contributed by atoms with Crippen molar-refractivity contribution in [1.82, 2.24) is 15.1 Å². The normalized spacial score (nSPS) is 19.4. The van der Waals surface area contributed by atoms with E-state index in [0.717, 1.165) is 57.2 Å². The maximum atomic E-state index is 12.5. The number of amides is 2. The summed E-state index contributed by atoms with van der Waals surface area (Å²) in [5.41, 5.74) is 1.26. The van der Waals surface area contributed by atoms with E-state index < -0.39 is 0 Å². The van der Waals surface area contributed by atoms with Gasteiger partial charge in [-0.05, 0) is 43.4 Å². The minimum absolute atomic E-state index is 0.0611. The summed E-state index contributed by atoms with van der Waals surface area (Å²) in [5.74, 6) is 0. The van der Waals surface area contributed by atoms with Crippen LogP contribution >= 0.6 is 11.6 Å². The summed E-state index contributed by atoms with van der Waals surface area (Å²) in [7, 11) is 0. The highest BCUT2D eigenvalue weighted by molar-refractivity contribution is 6.30. The number of ether oxygens (including phenoxy) is 1. The molecule has 1 aromatic carbocycles. The minimum atomic E-state index is 0.0611. The fraction of sp³-hybridized carbons (Fsp3) is 0.682. The molecule has 1 saturated heterocycles. The van der Waals surface area contributed by atoms with Crippen LogP contribution in [0.1, 0.15) is 50.5 Å². The predicted molar refractivity (Wildman–Crippen MR) is 114 cm³/mol. The zero-order valence-corrected chi connectivity index (χ0v) is 17.6. The zero-order chi connectivity index (χ0) is 19.6. The van der Waals surface area contributed by atoms with Crippen LogP contribution in [0.5, 0.6) is 0 Å². The Hall–Kier alpha value is -1.30. The van der Waals surface area contributed by atoms with E-state index in [-0.39, 0.29) is 6.03 Å². The zero-order valence-electron chi connectivity index (χ0n) is 16.9. The van der Waals surface area contributed by atoms with Gasteiger partial charge in [0.25, 0.3) is 0 Å². The Labute approximate surface area is 174 Å². The summed E-state index contributed by atoms with van der Waals surface area (Å²) < 4.78 is 5.93. The maximum Gasteiger partial charge on any atom is 0.317 e. The number of nitrogens with one attached hydrogen (secondary N) is 1. The molecule has 0 atom stereocenters. The smallest absolute Gasteiger partial charge is 0.317 e. The minimum Gasteiger partial charge on any atom is -0.378 e. The van der Waals surface area contributed by atoms with Gasteiger partial charge in [-0.15, -0.1) is 0 Å². The lowest BCUT2D eigenvalue weighted by molar-refractivity contribution is 0.0274. The second kappa shape index (κ2) is 11.6. The fourth-order valence-corrected chi connectivity index (χ4v) is 4.17. The van der Waals surface area contributed by atoms with Crippen LogP contribution in [0, 0.1) is 0 Å². The highest BCUT2D eigenvalue weighted by Crippen LogP contribution is 2.20. The summed E-state index contributed by atoms with van der Waals surface area (Å²) in [4.78, 5) is 16.8. The summed E-state index contributed by atoms with van der Waals surface area (Å²) in [6.45, 7) is 5.86. The first-order chi connectivity index (χ1) is 13.7. The molecule has 1 aromatic rings. The largest absolute Gasteiger partial charge is 0.378 e. The van der Waals surface area contributed by atoms with Crippen molar-refractivity contribution < 1.29 is 9.53 Å². The van der Waals surface area contributed by atoms with Crippen LogP contribution in [0.3, 0.4) is 0 Å². The number of urea groups is 1. The third-order valence-corrected chi connectivity index (χ3v) is 5.95. The van der Waals surface area contributed by atoms with Gasteiger partial charge in [0.05, 0.1) is 6.10 Å². The molecule has 0 spiro atoms. The Bertz CT molecular complexity index is 590. The van der Waals surface area contributed by atoms with Crippen LogP contribution < -0.4 is 5.32 Å². The van der Waals surface area contributed by atoms with Gasteiger partial charge in [0.1, 0.15) is 0 Å². The summed E-state index contributed by atoms with van der Waals surface area (Å²) in [6, 6.07) is 8.09. The first-order valence-corrected chi connectivity index (χ1v) is 11.2.